The largest absolute Gasteiger partial charge is 0.573 e. The molecule has 92 valence electrons. The molecule has 0 aromatic heterocycles. The predicted molar refractivity (Wildman–Crippen MR) is 56.8 cm³/mol. The Hall–Kier alpha value is -1.90. The van der Waals surface area contributed by atoms with Crippen molar-refractivity contribution in [3.63, 3.8) is 0 Å². The highest BCUT2D eigenvalue weighted by Crippen LogP contribution is 2.29. The molecule has 0 saturated carbocycles. The van der Waals surface area contributed by atoms with E-state index in [4.69, 9.17) is 5.26 Å². The minimum Gasteiger partial charge on any atom is -0.406 e. The number of hydrogen-bond acceptors (Lipinski definition) is 3. The Morgan fingerprint density at radius 3 is 2.47 bits per heavy atom. The Morgan fingerprint density at radius 2 is 2.00 bits per heavy atom. The zero-order chi connectivity index (χ0) is 13.1. The standard InChI is InChI=1S/C11H11F3N2O/c1-16(2)10-7-9(17-11(12,13)14)4-3-8(10)5-6-15/h3-4,7H,5H2,1-2H3. The number of nitriles is 1. The van der Waals surface area contributed by atoms with Crippen molar-refractivity contribution in [3.05, 3.63) is 23.8 Å². The zero-order valence-electron chi connectivity index (χ0n) is 9.38. The van der Waals surface area contributed by atoms with Gasteiger partial charge in [-0.25, -0.2) is 0 Å². The normalized spacial score (nSPS) is 10.8. The lowest BCUT2D eigenvalue weighted by Gasteiger charge is -2.18. The van der Waals surface area contributed by atoms with E-state index in [0.29, 0.717) is 11.3 Å². The summed E-state index contributed by atoms with van der Waals surface area (Å²) in [5.74, 6) is -0.289. The molecule has 1 aromatic carbocycles. The number of alkyl halides is 3. The van der Waals surface area contributed by atoms with Crippen LogP contribution in [0.25, 0.3) is 0 Å². The lowest BCUT2D eigenvalue weighted by Crippen LogP contribution is -2.18. The van der Waals surface area contributed by atoms with Gasteiger partial charge in [0.25, 0.3) is 0 Å². The average Bonchev–Trinajstić information content (AvgIpc) is 2.18. The van der Waals surface area contributed by atoms with E-state index in [-0.39, 0.29) is 12.2 Å². The molecule has 0 saturated heterocycles. The Morgan fingerprint density at radius 1 is 1.35 bits per heavy atom. The summed E-state index contributed by atoms with van der Waals surface area (Å²) >= 11 is 0. The van der Waals surface area contributed by atoms with E-state index in [1.54, 1.807) is 19.0 Å². The van der Waals surface area contributed by atoms with Crippen LogP contribution in [0.15, 0.2) is 18.2 Å². The molecule has 0 fully saturated rings. The second-order valence-corrected chi connectivity index (χ2v) is 3.57. The van der Waals surface area contributed by atoms with Crippen LogP contribution in [0.2, 0.25) is 0 Å². The molecule has 0 bridgehead atoms. The van der Waals surface area contributed by atoms with Crippen LogP contribution in [-0.4, -0.2) is 20.5 Å². The second kappa shape index (κ2) is 4.95. The van der Waals surface area contributed by atoms with Gasteiger partial charge in [0, 0.05) is 25.8 Å². The third-order valence-electron chi connectivity index (χ3n) is 2.04. The van der Waals surface area contributed by atoms with Crippen LogP contribution in [0.4, 0.5) is 18.9 Å². The van der Waals surface area contributed by atoms with E-state index < -0.39 is 6.36 Å². The summed E-state index contributed by atoms with van der Waals surface area (Å²) in [6.07, 6.45) is -4.57. The highest BCUT2D eigenvalue weighted by Gasteiger charge is 2.31. The van der Waals surface area contributed by atoms with Gasteiger partial charge >= 0.3 is 6.36 Å². The fraction of sp³-hybridized carbons (Fsp3) is 0.364. The fourth-order valence-corrected chi connectivity index (χ4v) is 1.39. The predicted octanol–water partition coefficient (Wildman–Crippen LogP) is 2.72. The minimum absolute atomic E-state index is 0.139. The van der Waals surface area contributed by atoms with Gasteiger partial charge in [0.15, 0.2) is 0 Å². The second-order valence-electron chi connectivity index (χ2n) is 3.57. The van der Waals surface area contributed by atoms with Crippen LogP contribution in [0.3, 0.4) is 0 Å². The van der Waals surface area contributed by atoms with E-state index in [1.165, 1.54) is 18.2 Å². The van der Waals surface area contributed by atoms with Gasteiger partial charge in [0.2, 0.25) is 0 Å². The van der Waals surface area contributed by atoms with Gasteiger partial charge in [0.1, 0.15) is 5.75 Å². The maximum absolute atomic E-state index is 12.0. The van der Waals surface area contributed by atoms with Gasteiger partial charge in [-0.3, -0.25) is 0 Å². The maximum atomic E-state index is 12.0. The quantitative estimate of drug-likeness (QED) is 0.820. The lowest BCUT2D eigenvalue weighted by molar-refractivity contribution is -0.274. The first kappa shape index (κ1) is 13.2. The summed E-state index contributed by atoms with van der Waals surface area (Å²) in [6.45, 7) is 0. The van der Waals surface area contributed by atoms with E-state index in [0.717, 1.165) is 0 Å². The fourth-order valence-electron chi connectivity index (χ4n) is 1.39. The van der Waals surface area contributed by atoms with Crippen LogP contribution in [0.5, 0.6) is 5.75 Å². The van der Waals surface area contributed by atoms with Crippen LogP contribution in [0, 0.1) is 11.3 Å². The van der Waals surface area contributed by atoms with Crippen LogP contribution in [0.1, 0.15) is 5.56 Å². The van der Waals surface area contributed by atoms with E-state index in [1.807, 2.05) is 6.07 Å². The van der Waals surface area contributed by atoms with Gasteiger partial charge in [-0.15, -0.1) is 13.2 Å². The summed E-state index contributed by atoms with van der Waals surface area (Å²) in [7, 11) is 3.38. The van der Waals surface area contributed by atoms with Crippen LogP contribution < -0.4 is 9.64 Å². The van der Waals surface area contributed by atoms with Crippen molar-refractivity contribution >= 4 is 5.69 Å². The number of rotatable bonds is 3. The molecule has 6 heteroatoms. The van der Waals surface area contributed by atoms with Crippen LogP contribution in [-0.2, 0) is 6.42 Å². The van der Waals surface area contributed by atoms with Gasteiger partial charge in [-0.1, -0.05) is 6.07 Å². The number of hydrogen-bond donors (Lipinski definition) is 0. The molecule has 17 heavy (non-hydrogen) atoms. The third-order valence-corrected chi connectivity index (χ3v) is 2.04. The molecule has 3 nitrogen and oxygen atoms in total. The summed E-state index contributed by atoms with van der Waals surface area (Å²) in [5.41, 5.74) is 1.19. The zero-order valence-corrected chi connectivity index (χ0v) is 9.38. The molecular weight excluding hydrogens is 233 g/mol. The third kappa shape index (κ3) is 3.87. The highest BCUT2D eigenvalue weighted by atomic mass is 19.4. The molecule has 0 radical (unpaired) electrons. The molecule has 1 aromatic rings. The molecule has 0 heterocycles. The molecule has 0 atom stereocenters. The summed E-state index contributed by atoms with van der Waals surface area (Å²) in [4.78, 5) is 1.63. The summed E-state index contributed by atoms with van der Waals surface area (Å²) < 4.78 is 39.9. The first-order chi connectivity index (χ1) is 7.83. The van der Waals surface area contributed by atoms with Crippen molar-refractivity contribution in [2.24, 2.45) is 0 Å². The monoisotopic (exact) mass is 244 g/mol. The summed E-state index contributed by atoms with van der Waals surface area (Å²) in [5, 5.41) is 8.60. The van der Waals surface area contributed by atoms with E-state index in [9.17, 15) is 13.2 Å². The lowest BCUT2D eigenvalue weighted by atomic mass is 10.1. The molecule has 0 N–H and O–H groups in total. The Kier molecular flexibility index (Phi) is 3.84. The number of benzene rings is 1. The molecule has 0 spiro atoms. The molecule has 1 rings (SSSR count). The molecule has 0 unspecified atom stereocenters. The highest BCUT2D eigenvalue weighted by molar-refractivity contribution is 5.57. The molecule has 0 aliphatic rings. The first-order valence-electron chi connectivity index (χ1n) is 4.76. The Bertz CT molecular complexity index is 435. The van der Waals surface area contributed by atoms with Gasteiger partial charge in [-0.05, 0) is 11.6 Å². The van der Waals surface area contributed by atoms with Gasteiger partial charge in [-0.2, -0.15) is 5.26 Å². The van der Waals surface area contributed by atoms with E-state index >= 15 is 0 Å². The number of anilines is 1. The van der Waals surface area contributed by atoms with Crippen molar-refractivity contribution in [2.45, 2.75) is 12.8 Å². The van der Waals surface area contributed by atoms with Crippen molar-refractivity contribution in [2.75, 3.05) is 19.0 Å². The van der Waals surface area contributed by atoms with E-state index in [2.05, 4.69) is 4.74 Å². The Labute approximate surface area is 97.0 Å². The summed E-state index contributed by atoms with van der Waals surface area (Å²) in [6, 6.07) is 5.88. The van der Waals surface area contributed by atoms with Crippen molar-refractivity contribution < 1.29 is 17.9 Å². The average molecular weight is 244 g/mol. The smallest absolute Gasteiger partial charge is 0.406 e. The molecule has 0 amide bonds. The number of nitrogens with zero attached hydrogens (tertiary/aromatic N) is 2. The number of ether oxygens (including phenoxy) is 1. The first-order valence-corrected chi connectivity index (χ1v) is 4.76. The molecule has 0 aliphatic heterocycles. The van der Waals surface area contributed by atoms with Crippen LogP contribution >= 0.6 is 0 Å². The van der Waals surface area contributed by atoms with Crippen molar-refractivity contribution in [1.82, 2.24) is 0 Å². The van der Waals surface area contributed by atoms with Crippen molar-refractivity contribution in [1.29, 1.82) is 5.26 Å². The SMILES string of the molecule is CN(C)c1cc(OC(F)(F)F)ccc1CC#N. The Balaban J connectivity index is 3.06. The van der Waals surface area contributed by atoms with Crippen molar-refractivity contribution in [3.8, 4) is 11.8 Å². The molecule has 0 aliphatic carbocycles. The van der Waals surface area contributed by atoms with Gasteiger partial charge in [0.05, 0.1) is 12.5 Å². The molecular formula is C11H11F3N2O. The number of halogens is 3. The maximum Gasteiger partial charge on any atom is 0.573 e. The minimum atomic E-state index is -4.71. The van der Waals surface area contributed by atoms with Gasteiger partial charge < -0.3 is 9.64 Å². The topological polar surface area (TPSA) is 36.3 Å².